The summed E-state index contributed by atoms with van der Waals surface area (Å²) in [5.41, 5.74) is 2.69. The number of hydrogen-bond acceptors (Lipinski definition) is 3. The van der Waals surface area contributed by atoms with Crippen molar-refractivity contribution in [3.8, 4) is 11.8 Å². The fraction of sp³-hybridized carbons (Fsp3) is 0.111. The molecule has 0 saturated heterocycles. The maximum absolute atomic E-state index is 12.2. The molecule has 2 rings (SSSR count). The number of nitrogens with zero attached hydrogens (tertiary/aromatic N) is 1. The van der Waals surface area contributed by atoms with Gasteiger partial charge in [-0.05, 0) is 73.0 Å². The molecule has 0 aromatic heterocycles. The van der Waals surface area contributed by atoms with E-state index in [-0.39, 0.29) is 11.3 Å². The Kier molecular flexibility index (Phi) is 5.20. The SMILES string of the molecule is Cc1cc(C=C(C#N)C(=O)Nc2ccc(Br)cc2)cc(C)c1O. The molecule has 4 nitrogen and oxygen atoms in total. The second-order valence-electron chi connectivity index (χ2n) is 5.13. The first kappa shape index (κ1) is 16.8. The van der Waals surface area contributed by atoms with Crippen LogP contribution >= 0.6 is 15.9 Å². The molecule has 116 valence electrons. The number of benzene rings is 2. The average molecular weight is 371 g/mol. The van der Waals surface area contributed by atoms with Crippen LogP contribution in [-0.2, 0) is 4.79 Å². The smallest absolute Gasteiger partial charge is 0.266 e. The zero-order valence-corrected chi connectivity index (χ0v) is 14.3. The zero-order valence-electron chi connectivity index (χ0n) is 12.7. The molecule has 0 spiro atoms. The summed E-state index contributed by atoms with van der Waals surface area (Å²) >= 11 is 3.32. The van der Waals surface area contributed by atoms with Crippen LogP contribution < -0.4 is 5.32 Å². The third-order valence-electron chi connectivity index (χ3n) is 3.29. The maximum atomic E-state index is 12.2. The van der Waals surface area contributed by atoms with Gasteiger partial charge >= 0.3 is 0 Å². The molecule has 2 N–H and O–H groups in total. The van der Waals surface area contributed by atoms with Crippen molar-refractivity contribution >= 4 is 33.6 Å². The van der Waals surface area contributed by atoms with Gasteiger partial charge in [-0.25, -0.2) is 0 Å². The first-order valence-electron chi connectivity index (χ1n) is 6.89. The summed E-state index contributed by atoms with van der Waals surface area (Å²) in [6.07, 6.45) is 1.51. The van der Waals surface area contributed by atoms with E-state index in [1.165, 1.54) is 6.08 Å². The Balaban J connectivity index is 2.26. The first-order valence-corrected chi connectivity index (χ1v) is 7.69. The predicted molar refractivity (Wildman–Crippen MR) is 93.9 cm³/mol. The van der Waals surface area contributed by atoms with Crippen molar-refractivity contribution in [3.05, 3.63) is 63.1 Å². The first-order chi connectivity index (χ1) is 10.9. The van der Waals surface area contributed by atoms with Crippen LogP contribution in [0.5, 0.6) is 5.75 Å². The Morgan fingerprint density at radius 1 is 1.22 bits per heavy atom. The molecule has 0 aliphatic carbocycles. The highest BCUT2D eigenvalue weighted by Gasteiger charge is 2.10. The van der Waals surface area contributed by atoms with Crippen molar-refractivity contribution in [2.24, 2.45) is 0 Å². The van der Waals surface area contributed by atoms with Crippen LogP contribution in [0.3, 0.4) is 0 Å². The van der Waals surface area contributed by atoms with Gasteiger partial charge in [-0.15, -0.1) is 0 Å². The molecule has 0 aliphatic heterocycles. The van der Waals surface area contributed by atoms with Gasteiger partial charge in [0.15, 0.2) is 0 Å². The predicted octanol–water partition coefficient (Wildman–Crippen LogP) is 4.32. The van der Waals surface area contributed by atoms with Gasteiger partial charge in [-0.3, -0.25) is 4.79 Å². The van der Waals surface area contributed by atoms with Gasteiger partial charge < -0.3 is 10.4 Å². The highest BCUT2D eigenvalue weighted by molar-refractivity contribution is 9.10. The van der Waals surface area contributed by atoms with E-state index in [1.54, 1.807) is 50.2 Å². The topological polar surface area (TPSA) is 73.1 Å². The molecule has 0 heterocycles. The number of rotatable bonds is 3. The quantitative estimate of drug-likeness (QED) is 0.624. The number of aromatic hydroxyl groups is 1. The number of carbonyl (C=O) groups is 1. The average Bonchev–Trinajstić information content (AvgIpc) is 2.52. The van der Waals surface area contributed by atoms with Gasteiger partial charge in [0.05, 0.1) is 0 Å². The molecule has 0 radical (unpaired) electrons. The Morgan fingerprint density at radius 2 is 1.78 bits per heavy atom. The number of aryl methyl sites for hydroxylation is 2. The molecule has 0 unspecified atom stereocenters. The van der Waals surface area contributed by atoms with Crippen LogP contribution in [0.2, 0.25) is 0 Å². The molecule has 23 heavy (non-hydrogen) atoms. The fourth-order valence-corrected chi connectivity index (χ4v) is 2.38. The Labute approximate surface area is 143 Å². The summed E-state index contributed by atoms with van der Waals surface area (Å²) in [5.74, 6) is -0.252. The second-order valence-corrected chi connectivity index (χ2v) is 6.05. The summed E-state index contributed by atoms with van der Waals surface area (Å²) < 4.78 is 0.904. The minimum absolute atomic E-state index is 0.00240. The number of nitriles is 1. The van der Waals surface area contributed by atoms with Crippen LogP contribution in [0.25, 0.3) is 6.08 Å². The third kappa shape index (κ3) is 4.21. The largest absolute Gasteiger partial charge is 0.507 e. The molecule has 0 atom stereocenters. The van der Waals surface area contributed by atoms with E-state index in [4.69, 9.17) is 0 Å². The highest BCUT2D eigenvalue weighted by atomic mass is 79.9. The minimum Gasteiger partial charge on any atom is -0.507 e. The van der Waals surface area contributed by atoms with Crippen LogP contribution in [0.4, 0.5) is 5.69 Å². The molecule has 0 bridgehead atoms. The van der Waals surface area contributed by atoms with Gasteiger partial charge in [-0.1, -0.05) is 15.9 Å². The van der Waals surface area contributed by atoms with Crippen molar-refractivity contribution < 1.29 is 9.90 Å². The Morgan fingerprint density at radius 3 is 2.30 bits per heavy atom. The van der Waals surface area contributed by atoms with Crippen molar-refractivity contribution in [1.82, 2.24) is 0 Å². The van der Waals surface area contributed by atoms with Gasteiger partial charge in [0, 0.05) is 10.2 Å². The van der Waals surface area contributed by atoms with Gasteiger partial charge in [0.25, 0.3) is 5.91 Å². The maximum Gasteiger partial charge on any atom is 0.266 e. The molecule has 0 fully saturated rings. The molecular formula is C18H15BrN2O2. The summed E-state index contributed by atoms with van der Waals surface area (Å²) in [6, 6.07) is 12.5. The molecule has 0 saturated carbocycles. The van der Waals surface area contributed by atoms with Gasteiger partial charge in [-0.2, -0.15) is 5.26 Å². The lowest BCUT2D eigenvalue weighted by Gasteiger charge is -2.07. The molecular weight excluding hydrogens is 356 g/mol. The van der Waals surface area contributed by atoms with Crippen LogP contribution in [0, 0.1) is 25.2 Å². The summed E-state index contributed by atoms with van der Waals surface area (Å²) in [6.45, 7) is 3.54. The zero-order chi connectivity index (χ0) is 17.0. The van der Waals surface area contributed by atoms with Crippen molar-refractivity contribution in [3.63, 3.8) is 0 Å². The number of halogens is 1. The van der Waals surface area contributed by atoms with Crippen LogP contribution in [0.1, 0.15) is 16.7 Å². The van der Waals surface area contributed by atoms with Crippen LogP contribution in [0.15, 0.2) is 46.4 Å². The molecule has 2 aromatic rings. The second kappa shape index (κ2) is 7.12. The van der Waals surface area contributed by atoms with Crippen molar-refractivity contribution in [2.75, 3.05) is 5.32 Å². The van der Waals surface area contributed by atoms with Crippen LogP contribution in [-0.4, -0.2) is 11.0 Å². The van der Waals surface area contributed by atoms with E-state index >= 15 is 0 Å². The number of hydrogen-bond donors (Lipinski definition) is 2. The monoisotopic (exact) mass is 370 g/mol. The summed E-state index contributed by atoms with van der Waals surface area (Å²) in [5, 5.41) is 21.7. The van der Waals surface area contributed by atoms with Crippen molar-refractivity contribution in [2.45, 2.75) is 13.8 Å². The molecule has 0 aliphatic rings. The molecule has 1 amide bonds. The number of phenols is 1. The van der Waals surface area contributed by atoms with E-state index in [2.05, 4.69) is 21.2 Å². The van der Waals surface area contributed by atoms with Gasteiger partial charge in [0.1, 0.15) is 17.4 Å². The number of phenolic OH excluding ortho intramolecular Hbond substituents is 1. The van der Waals surface area contributed by atoms with E-state index in [0.717, 1.165) is 4.47 Å². The van der Waals surface area contributed by atoms with E-state index in [9.17, 15) is 15.2 Å². The highest BCUT2D eigenvalue weighted by Crippen LogP contribution is 2.24. The van der Waals surface area contributed by atoms with E-state index in [0.29, 0.717) is 22.4 Å². The fourth-order valence-electron chi connectivity index (χ4n) is 2.12. The normalized spacial score (nSPS) is 11.0. The third-order valence-corrected chi connectivity index (χ3v) is 3.82. The lowest BCUT2D eigenvalue weighted by molar-refractivity contribution is -0.112. The number of anilines is 1. The Bertz CT molecular complexity index is 795. The van der Waals surface area contributed by atoms with E-state index < -0.39 is 5.91 Å². The minimum atomic E-state index is -0.474. The lowest BCUT2D eigenvalue weighted by Crippen LogP contribution is -2.13. The molecule has 5 heteroatoms. The number of nitrogens with one attached hydrogen (secondary N) is 1. The lowest BCUT2D eigenvalue weighted by atomic mass is 10.0. The van der Waals surface area contributed by atoms with Gasteiger partial charge in [0.2, 0.25) is 0 Å². The molecule has 2 aromatic carbocycles. The standard InChI is InChI=1S/C18H15BrN2O2/c1-11-7-13(8-12(2)17(11)22)9-14(10-20)18(23)21-16-5-3-15(19)4-6-16/h3-9,22H,1-2H3,(H,21,23). The van der Waals surface area contributed by atoms with E-state index in [1.807, 2.05) is 6.07 Å². The Hall–Kier alpha value is -2.58. The van der Waals surface area contributed by atoms with Crippen molar-refractivity contribution in [1.29, 1.82) is 5.26 Å². The number of amides is 1. The summed E-state index contributed by atoms with van der Waals surface area (Å²) in [7, 11) is 0. The summed E-state index contributed by atoms with van der Waals surface area (Å²) in [4.78, 5) is 12.2. The number of carbonyl (C=O) groups excluding carboxylic acids is 1.